The van der Waals surface area contributed by atoms with Gasteiger partial charge in [0.2, 0.25) is 11.8 Å². The zero-order valence-corrected chi connectivity index (χ0v) is 16.2. The van der Waals surface area contributed by atoms with Gasteiger partial charge in [-0.1, -0.05) is 30.3 Å². The molecule has 0 radical (unpaired) electrons. The molecule has 3 rings (SSSR count). The van der Waals surface area contributed by atoms with E-state index in [-0.39, 0.29) is 17.7 Å². The summed E-state index contributed by atoms with van der Waals surface area (Å²) in [4.78, 5) is 28.7. The molecule has 1 aromatic carbocycles. The van der Waals surface area contributed by atoms with Crippen LogP contribution in [0, 0.1) is 11.8 Å². The maximum atomic E-state index is 12.5. The molecule has 2 heterocycles. The highest BCUT2D eigenvalue weighted by Crippen LogP contribution is 2.20. The second-order valence-electron chi connectivity index (χ2n) is 7.71. The third-order valence-electron chi connectivity index (χ3n) is 5.57. The molecule has 6 heteroatoms. The van der Waals surface area contributed by atoms with Crippen LogP contribution in [0.25, 0.3) is 0 Å². The Bertz CT molecular complexity index is 622. The van der Waals surface area contributed by atoms with Gasteiger partial charge in [0.1, 0.15) is 0 Å². The number of carbonyl (C=O) groups is 2. The van der Waals surface area contributed by atoms with Crippen LogP contribution >= 0.6 is 0 Å². The molecule has 2 fully saturated rings. The van der Waals surface area contributed by atoms with Crippen LogP contribution in [0.5, 0.6) is 0 Å². The number of rotatable bonds is 8. The standard InChI is InChI=1S/C21H31N3O3/c1-27-11-10-24-16-19(12-20(24)25)21(26)22-13-18-8-5-9-23(15-18)14-17-6-3-2-4-7-17/h2-4,6-7,18-19H,5,8-16H2,1H3,(H,22,26). The summed E-state index contributed by atoms with van der Waals surface area (Å²) < 4.78 is 5.03. The fourth-order valence-electron chi connectivity index (χ4n) is 4.06. The second-order valence-corrected chi connectivity index (χ2v) is 7.71. The number of carbonyl (C=O) groups excluding carboxylic acids is 2. The smallest absolute Gasteiger partial charge is 0.225 e. The first kappa shape index (κ1) is 19.8. The fourth-order valence-corrected chi connectivity index (χ4v) is 4.06. The zero-order valence-electron chi connectivity index (χ0n) is 16.2. The number of hydrogen-bond acceptors (Lipinski definition) is 4. The van der Waals surface area contributed by atoms with Gasteiger partial charge in [-0.25, -0.2) is 0 Å². The zero-order chi connectivity index (χ0) is 19.1. The van der Waals surface area contributed by atoms with Crippen LogP contribution in [-0.4, -0.2) is 68.1 Å². The van der Waals surface area contributed by atoms with E-state index in [1.165, 1.54) is 12.0 Å². The number of hydrogen-bond donors (Lipinski definition) is 1. The first-order valence-corrected chi connectivity index (χ1v) is 9.96. The molecule has 2 atom stereocenters. The minimum atomic E-state index is -0.224. The van der Waals surface area contributed by atoms with E-state index in [4.69, 9.17) is 4.74 Å². The number of nitrogens with zero attached hydrogens (tertiary/aromatic N) is 2. The van der Waals surface area contributed by atoms with Crippen LogP contribution in [0.1, 0.15) is 24.8 Å². The maximum absolute atomic E-state index is 12.5. The molecule has 0 saturated carbocycles. The lowest BCUT2D eigenvalue weighted by Gasteiger charge is -2.33. The lowest BCUT2D eigenvalue weighted by atomic mass is 9.97. The third kappa shape index (κ3) is 5.78. The maximum Gasteiger partial charge on any atom is 0.225 e. The van der Waals surface area contributed by atoms with Crippen LogP contribution < -0.4 is 5.32 Å². The van der Waals surface area contributed by atoms with Crippen molar-refractivity contribution >= 4 is 11.8 Å². The van der Waals surface area contributed by atoms with Gasteiger partial charge in [0.05, 0.1) is 12.5 Å². The predicted octanol–water partition coefficient (Wildman–Crippen LogP) is 1.51. The average Bonchev–Trinajstić information content (AvgIpc) is 3.06. The Kier molecular flexibility index (Phi) is 7.24. The summed E-state index contributed by atoms with van der Waals surface area (Å²) in [5.41, 5.74) is 1.34. The van der Waals surface area contributed by atoms with Gasteiger partial charge in [-0.05, 0) is 30.9 Å². The lowest BCUT2D eigenvalue weighted by molar-refractivity contribution is -0.129. The van der Waals surface area contributed by atoms with Crippen molar-refractivity contribution in [3.8, 4) is 0 Å². The van der Waals surface area contributed by atoms with Crippen LogP contribution in [0.15, 0.2) is 30.3 Å². The molecule has 0 bridgehead atoms. The van der Waals surface area contributed by atoms with E-state index in [0.29, 0.717) is 38.6 Å². The summed E-state index contributed by atoms with van der Waals surface area (Å²) in [5, 5.41) is 3.10. The Balaban J connectivity index is 1.41. The highest BCUT2D eigenvalue weighted by molar-refractivity contribution is 5.89. The third-order valence-corrected chi connectivity index (χ3v) is 5.57. The quantitative estimate of drug-likeness (QED) is 0.750. The molecular formula is C21H31N3O3. The van der Waals surface area contributed by atoms with Gasteiger partial charge in [0.25, 0.3) is 0 Å². The van der Waals surface area contributed by atoms with Gasteiger partial charge in [0.15, 0.2) is 0 Å². The van der Waals surface area contributed by atoms with E-state index in [1.807, 2.05) is 6.07 Å². The van der Waals surface area contributed by atoms with Crippen molar-refractivity contribution in [2.24, 2.45) is 11.8 Å². The van der Waals surface area contributed by atoms with Crippen molar-refractivity contribution in [3.63, 3.8) is 0 Å². The Morgan fingerprint density at radius 2 is 2.07 bits per heavy atom. The molecule has 1 N–H and O–H groups in total. The molecule has 2 aliphatic rings. The molecule has 1 aromatic rings. The molecule has 2 unspecified atom stereocenters. The van der Waals surface area contributed by atoms with Crippen molar-refractivity contribution in [2.75, 3.05) is 46.4 Å². The minimum Gasteiger partial charge on any atom is -0.383 e. The number of amides is 2. The van der Waals surface area contributed by atoms with E-state index in [2.05, 4.69) is 34.5 Å². The molecule has 0 aromatic heterocycles. The average molecular weight is 373 g/mol. The van der Waals surface area contributed by atoms with Gasteiger partial charge < -0.3 is 15.0 Å². The van der Waals surface area contributed by atoms with Crippen LogP contribution in [0.2, 0.25) is 0 Å². The van der Waals surface area contributed by atoms with Crippen molar-refractivity contribution in [3.05, 3.63) is 35.9 Å². The monoisotopic (exact) mass is 373 g/mol. The van der Waals surface area contributed by atoms with Crippen molar-refractivity contribution < 1.29 is 14.3 Å². The molecule has 0 spiro atoms. The second kappa shape index (κ2) is 9.85. The van der Waals surface area contributed by atoms with Crippen LogP contribution in [-0.2, 0) is 20.9 Å². The van der Waals surface area contributed by atoms with Gasteiger partial charge in [-0.15, -0.1) is 0 Å². The number of likely N-dealkylation sites (tertiary alicyclic amines) is 2. The van der Waals surface area contributed by atoms with Crippen molar-refractivity contribution in [1.29, 1.82) is 0 Å². The molecule has 0 aliphatic carbocycles. The Labute approximate surface area is 161 Å². The van der Waals surface area contributed by atoms with Gasteiger partial charge in [-0.2, -0.15) is 0 Å². The number of methoxy groups -OCH3 is 1. The topological polar surface area (TPSA) is 61.9 Å². The summed E-state index contributed by atoms with van der Waals surface area (Å²) in [6.45, 7) is 5.39. The summed E-state index contributed by atoms with van der Waals surface area (Å²) in [6, 6.07) is 10.5. The highest BCUT2D eigenvalue weighted by atomic mass is 16.5. The molecule has 148 valence electrons. The normalized spacial score (nSPS) is 23.6. The lowest BCUT2D eigenvalue weighted by Crippen LogP contribution is -2.42. The largest absolute Gasteiger partial charge is 0.383 e. The number of piperidine rings is 1. The number of nitrogens with one attached hydrogen (secondary N) is 1. The Morgan fingerprint density at radius 1 is 1.26 bits per heavy atom. The minimum absolute atomic E-state index is 0.0171. The van der Waals surface area contributed by atoms with Gasteiger partial charge in [-0.3, -0.25) is 14.5 Å². The summed E-state index contributed by atoms with van der Waals surface area (Å²) in [5.74, 6) is 0.328. The molecule has 2 saturated heterocycles. The van der Waals surface area contributed by atoms with E-state index < -0.39 is 0 Å². The SMILES string of the molecule is COCCN1CC(C(=O)NCC2CCCN(Cc3ccccc3)C2)CC1=O. The fraction of sp³-hybridized carbons (Fsp3) is 0.619. The number of ether oxygens (including phenoxy) is 1. The summed E-state index contributed by atoms with van der Waals surface area (Å²) >= 11 is 0. The Morgan fingerprint density at radius 3 is 2.85 bits per heavy atom. The predicted molar refractivity (Wildman–Crippen MR) is 104 cm³/mol. The van der Waals surface area contributed by atoms with E-state index in [0.717, 1.165) is 26.1 Å². The first-order valence-electron chi connectivity index (χ1n) is 9.96. The molecule has 2 aliphatic heterocycles. The van der Waals surface area contributed by atoms with Crippen LogP contribution in [0.4, 0.5) is 0 Å². The van der Waals surface area contributed by atoms with Gasteiger partial charge in [0, 0.05) is 46.3 Å². The summed E-state index contributed by atoms with van der Waals surface area (Å²) in [6.07, 6.45) is 2.63. The van der Waals surface area contributed by atoms with E-state index >= 15 is 0 Å². The molecule has 6 nitrogen and oxygen atoms in total. The van der Waals surface area contributed by atoms with Crippen LogP contribution in [0.3, 0.4) is 0 Å². The summed E-state index contributed by atoms with van der Waals surface area (Å²) in [7, 11) is 1.62. The number of benzene rings is 1. The molecule has 27 heavy (non-hydrogen) atoms. The first-order chi connectivity index (χ1) is 13.2. The molecular weight excluding hydrogens is 342 g/mol. The molecule has 2 amide bonds. The van der Waals surface area contributed by atoms with E-state index in [1.54, 1.807) is 12.0 Å². The van der Waals surface area contributed by atoms with Crippen molar-refractivity contribution in [2.45, 2.75) is 25.8 Å². The van der Waals surface area contributed by atoms with Gasteiger partial charge >= 0.3 is 0 Å². The van der Waals surface area contributed by atoms with E-state index in [9.17, 15) is 9.59 Å². The Hall–Kier alpha value is -1.92. The van der Waals surface area contributed by atoms with Crippen molar-refractivity contribution in [1.82, 2.24) is 15.1 Å². The highest BCUT2D eigenvalue weighted by Gasteiger charge is 2.34.